The molecule has 0 saturated heterocycles. The van der Waals surface area contributed by atoms with Crippen LogP contribution < -0.4 is 11.5 Å². The Morgan fingerprint density at radius 3 is 2.29 bits per heavy atom. The van der Waals surface area contributed by atoms with Gasteiger partial charge in [-0.05, 0) is 12.8 Å². The van der Waals surface area contributed by atoms with Crippen molar-refractivity contribution < 1.29 is 0 Å². The lowest BCUT2D eigenvalue weighted by molar-refractivity contribution is 0.709. The van der Waals surface area contributed by atoms with Gasteiger partial charge in [0, 0.05) is 11.8 Å². The van der Waals surface area contributed by atoms with Crippen LogP contribution in [0, 0.1) is 0 Å². The molecular formula is C17H21N7. The maximum Gasteiger partial charge on any atom is 0.242 e. The van der Waals surface area contributed by atoms with Crippen molar-refractivity contribution in [3.63, 3.8) is 0 Å². The molecule has 2 heterocycles. The Balaban J connectivity index is 2.05. The van der Waals surface area contributed by atoms with Crippen molar-refractivity contribution >= 4 is 11.9 Å². The van der Waals surface area contributed by atoms with Crippen LogP contribution in [0.15, 0.2) is 36.5 Å². The van der Waals surface area contributed by atoms with Crippen LogP contribution in [0.3, 0.4) is 0 Å². The number of aromatic nitrogens is 5. The van der Waals surface area contributed by atoms with E-state index in [4.69, 9.17) is 16.5 Å². The quantitative estimate of drug-likeness (QED) is 0.675. The zero-order valence-electron chi connectivity index (χ0n) is 13.7. The van der Waals surface area contributed by atoms with E-state index >= 15 is 0 Å². The van der Waals surface area contributed by atoms with E-state index < -0.39 is 0 Å². The normalized spacial score (nSPS) is 10.9. The number of hydrogen-bond acceptors (Lipinski definition) is 6. The molecule has 0 aliphatic carbocycles. The zero-order valence-corrected chi connectivity index (χ0v) is 13.7. The summed E-state index contributed by atoms with van der Waals surface area (Å²) in [5.74, 6) is 1.34. The number of nitrogens with zero attached hydrogens (tertiary/aromatic N) is 5. The van der Waals surface area contributed by atoms with Crippen molar-refractivity contribution in [1.29, 1.82) is 0 Å². The van der Waals surface area contributed by atoms with E-state index in [2.05, 4.69) is 21.9 Å². The minimum Gasteiger partial charge on any atom is -0.368 e. The molecule has 0 aliphatic rings. The third-order valence-corrected chi connectivity index (χ3v) is 3.70. The van der Waals surface area contributed by atoms with Crippen molar-refractivity contribution in [1.82, 2.24) is 24.5 Å². The van der Waals surface area contributed by atoms with Gasteiger partial charge in [0.15, 0.2) is 0 Å². The molecule has 7 nitrogen and oxygen atoms in total. The molecule has 124 valence electrons. The smallest absolute Gasteiger partial charge is 0.242 e. The number of nitrogens with two attached hydrogens (primary N) is 2. The molecule has 0 fully saturated rings. The first-order valence-electron chi connectivity index (χ1n) is 8.08. The summed E-state index contributed by atoms with van der Waals surface area (Å²) in [6.07, 6.45) is 6.32. The van der Waals surface area contributed by atoms with Crippen LogP contribution in [0.2, 0.25) is 0 Å². The van der Waals surface area contributed by atoms with Crippen LogP contribution in [0.4, 0.5) is 11.9 Å². The van der Waals surface area contributed by atoms with E-state index in [0.29, 0.717) is 5.95 Å². The minimum absolute atomic E-state index is 0.0951. The highest BCUT2D eigenvalue weighted by molar-refractivity contribution is 5.58. The zero-order chi connectivity index (χ0) is 16.9. The van der Waals surface area contributed by atoms with Crippen molar-refractivity contribution in [2.24, 2.45) is 0 Å². The Labute approximate surface area is 140 Å². The fraction of sp³-hybridized carbons (Fsp3) is 0.294. The summed E-state index contributed by atoms with van der Waals surface area (Å²) in [6.45, 7) is 2.18. The molecule has 0 spiro atoms. The number of rotatable bonds is 6. The van der Waals surface area contributed by atoms with Crippen molar-refractivity contribution in [3.8, 4) is 17.3 Å². The minimum atomic E-state index is 0.0951. The second-order valence-corrected chi connectivity index (χ2v) is 5.60. The van der Waals surface area contributed by atoms with E-state index in [0.717, 1.165) is 29.9 Å². The van der Waals surface area contributed by atoms with Crippen LogP contribution >= 0.6 is 0 Å². The fourth-order valence-corrected chi connectivity index (χ4v) is 2.55. The van der Waals surface area contributed by atoms with Gasteiger partial charge in [0.25, 0.3) is 0 Å². The maximum absolute atomic E-state index is 5.71. The standard InChI is InChI=1S/C17H21N7/c1-2-3-5-10-13-11-24(17-22-15(18)21-16(19)23-17)14(20-13)12-8-6-4-7-9-12/h4,6-9,11H,2-3,5,10H2,1H3,(H4,18,19,21,22,23). The summed E-state index contributed by atoms with van der Waals surface area (Å²) in [5.41, 5.74) is 13.4. The van der Waals surface area contributed by atoms with Crippen molar-refractivity contribution in [2.75, 3.05) is 11.5 Å². The van der Waals surface area contributed by atoms with Gasteiger partial charge in [-0.2, -0.15) is 15.0 Å². The Bertz CT molecular complexity index is 791. The molecule has 3 rings (SSSR count). The molecule has 7 heteroatoms. The number of aryl methyl sites for hydroxylation is 1. The Kier molecular flexibility index (Phi) is 4.69. The topological polar surface area (TPSA) is 109 Å². The summed E-state index contributed by atoms with van der Waals surface area (Å²) < 4.78 is 1.82. The van der Waals surface area contributed by atoms with Crippen LogP contribution in [0.1, 0.15) is 31.9 Å². The highest BCUT2D eigenvalue weighted by Gasteiger charge is 2.14. The van der Waals surface area contributed by atoms with Gasteiger partial charge in [0.05, 0.1) is 5.69 Å². The highest BCUT2D eigenvalue weighted by Crippen LogP contribution is 2.22. The summed E-state index contributed by atoms with van der Waals surface area (Å²) in [6, 6.07) is 9.92. The van der Waals surface area contributed by atoms with Gasteiger partial charge in [-0.3, -0.25) is 4.57 Å². The van der Waals surface area contributed by atoms with Gasteiger partial charge in [-0.1, -0.05) is 50.1 Å². The van der Waals surface area contributed by atoms with Crippen molar-refractivity contribution in [3.05, 3.63) is 42.2 Å². The van der Waals surface area contributed by atoms with E-state index in [-0.39, 0.29) is 11.9 Å². The lowest BCUT2D eigenvalue weighted by Crippen LogP contribution is -2.09. The fourth-order valence-electron chi connectivity index (χ4n) is 2.55. The van der Waals surface area contributed by atoms with Gasteiger partial charge in [-0.25, -0.2) is 4.98 Å². The van der Waals surface area contributed by atoms with Gasteiger partial charge in [0.1, 0.15) is 5.82 Å². The van der Waals surface area contributed by atoms with Crippen molar-refractivity contribution in [2.45, 2.75) is 32.6 Å². The average Bonchev–Trinajstić information content (AvgIpc) is 2.99. The number of hydrogen-bond donors (Lipinski definition) is 2. The van der Waals surface area contributed by atoms with E-state index in [1.165, 1.54) is 12.8 Å². The molecule has 0 aliphatic heterocycles. The lowest BCUT2D eigenvalue weighted by Gasteiger charge is -2.06. The molecule has 0 bridgehead atoms. The highest BCUT2D eigenvalue weighted by atomic mass is 15.3. The molecule has 0 amide bonds. The Morgan fingerprint density at radius 2 is 1.62 bits per heavy atom. The number of anilines is 2. The van der Waals surface area contributed by atoms with Crippen LogP contribution in [-0.4, -0.2) is 24.5 Å². The summed E-state index contributed by atoms with van der Waals surface area (Å²) in [4.78, 5) is 17.0. The molecule has 4 N–H and O–H groups in total. The summed E-state index contributed by atoms with van der Waals surface area (Å²) in [5, 5.41) is 0. The molecule has 2 aromatic heterocycles. The number of imidazole rings is 1. The third kappa shape index (κ3) is 3.51. The Morgan fingerprint density at radius 1 is 0.917 bits per heavy atom. The van der Waals surface area contributed by atoms with Crippen LogP contribution in [0.5, 0.6) is 0 Å². The first-order chi connectivity index (χ1) is 11.7. The second-order valence-electron chi connectivity index (χ2n) is 5.60. The molecule has 0 unspecified atom stereocenters. The molecule has 3 aromatic rings. The maximum atomic E-state index is 5.71. The van der Waals surface area contributed by atoms with Gasteiger partial charge in [-0.15, -0.1) is 0 Å². The number of benzene rings is 1. The molecule has 24 heavy (non-hydrogen) atoms. The monoisotopic (exact) mass is 323 g/mol. The third-order valence-electron chi connectivity index (χ3n) is 3.70. The first kappa shape index (κ1) is 15.9. The number of nitrogen functional groups attached to an aromatic ring is 2. The predicted molar refractivity (Wildman–Crippen MR) is 94.4 cm³/mol. The van der Waals surface area contributed by atoms with Gasteiger partial charge < -0.3 is 11.5 Å². The summed E-state index contributed by atoms with van der Waals surface area (Å²) in [7, 11) is 0. The summed E-state index contributed by atoms with van der Waals surface area (Å²) >= 11 is 0. The first-order valence-corrected chi connectivity index (χ1v) is 8.08. The molecule has 0 atom stereocenters. The van der Waals surface area contributed by atoms with Gasteiger partial charge >= 0.3 is 0 Å². The van der Waals surface area contributed by atoms with E-state index in [1.807, 2.05) is 41.1 Å². The molecule has 0 radical (unpaired) electrons. The van der Waals surface area contributed by atoms with Gasteiger partial charge in [0.2, 0.25) is 17.8 Å². The molecule has 1 aromatic carbocycles. The average molecular weight is 323 g/mol. The lowest BCUT2D eigenvalue weighted by atomic mass is 10.2. The SMILES string of the molecule is CCCCCc1cn(-c2nc(N)nc(N)n2)c(-c2ccccc2)n1. The Hall–Kier alpha value is -2.96. The largest absolute Gasteiger partial charge is 0.368 e. The van der Waals surface area contributed by atoms with E-state index in [1.54, 1.807) is 0 Å². The molecule has 0 saturated carbocycles. The van der Waals surface area contributed by atoms with Crippen LogP contribution in [0.25, 0.3) is 17.3 Å². The second kappa shape index (κ2) is 7.08. The molecular weight excluding hydrogens is 302 g/mol. The van der Waals surface area contributed by atoms with E-state index in [9.17, 15) is 0 Å². The van der Waals surface area contributed by atoms with Crippen LogP contribution in [-0.2, 0) is 6.42 Å². The predicted octanol–water partition coefficient (Wildman–Crippen LogP) is 2.62. The number of unbranched alkanes of at least 4 members (excludes halogenated alkanes) is 2.